The molecule has 1 aliphatic carbocycles. The number of nitrogens with zero attached hydrogens (tertiary/aromatic N) is 1. The fraction of sp³-hybridized carbons (Fsp3) is 1.00. The number of rotatable bonds is 0. The molecule has 1 aliphatic heterocycles. The average molecular weight is 124 g/mol. The third-order valence-corrected chi connectivity index (χ3v) is 3.61. The second-order valence-corrected chi connectivity index (χ2v) is 4.16. The molecular weight excluding hydrogens is 110 g/mol. The lowest BCUT2D eigenvalue weighted by Gasteiger charge is -2.50. The van der Waals surface area contributed by atoms with Crippen molar-refractivity contribution in [1.82, 2.24) is 5.32 Å². The Morgan fingerprint density at radius 1 is 1.00 bits per heavy atom. The molecule has 51 valence electrons. The SMILES string of the molecule is CC12CCC1(C)C[N]C2. The molecule has 1 radical (unpaired) electrons. The third kappa shape index (κ3) is 0.493. The van der Waals surface area contributed by atoms with Gasteiger partial charge in [0, 0.05) is 13.1 Å². The van der Waals surface area contributed by atoms with Crippen molar-refractivity contribution >= 4 is 0 Å². The second-order valence-electron chi connectivity index (χ2n) is 4.16. The Balaban J connectivity index is 2.26. The normalized spacial score (nSPS) is 56.7. The predicted octanol–water partition coefficient (Wildman–Crippen LogP) is 1.41. The zero-order valence-electron chi connectivity index (χ0n) is 6.28. The summed E-state index contributed by atoms with van der Waals surface area (Å²) in [7, 11) is 0. The van der Waals surface area contributed by atoms with Crippen LogP contribution in [0.15, 0.2) is 0 Å². The topological polar surface area (TPSA) is 14.1 Å². The Hall–Kier alpha value is -0.0400. The molecule has 1 heteroatoms. The highest BCUT2D eigenvalue weighted by Gasteiger charge is 2.55. The van der Waals surface area contributed by atoms with Gasteiger partial charge in [-0.1, -0.05) is 13.8 Å². The number of hydrogen-bond acceptors (Lipinski definition) is 0. The molecular formula is C8H14N. The Bertz CT molecular complexity index is 128. The molecule has 2 atom stereocenters. The molecule has 2 unspecified atom stereocenters. The van der Waals surface area contributed by atoms with Crippen LogP contribution in [0.2, 0.25) is 0 Å². The quantitative estimate of drug-likeness (QED) is 0.463. The number of fused-ring (bicyclic) bond motifs is 1. The largest absolute Gasteiger partial charge is 0.241 e. The summed E-state index contributed by atoms with van der Waals surface area (Å²) in [4.78, 5) is 0. The van der Waals surface area contributed by atoms with E-state index in [1.165, 1.54) is 12.8 Å². The lowest BCUT2D eigenvalue weighted by molar-refractivity contribution is 0.00430. The van der Waals surface area contributed by atoms with Crippen molar-refractivity contribution in [3.05, 3.63) is 0 Å². The maximum Gasteiger partial charge on any atom is 0.0193 e. The van der Waals surface area contributed by atoms with E-state index in [4.69, 9.17) is 0 Å². The molecule has 0 bridgehead atoms. The highest BCUT2D eigenvalue weighted by atomic mass is 15.0. The van der Waals surface area contributed by atoms with Crippen molar-refractivity contribution < 1.29 is 0 Å². The van der Waals surface area contributed by atoms with Crippen LogP contribution in [-0.2, 0) is 0 Å². The summed E-state index contributed by atoms with van der Waals surface area (Å²) in [5, 5.41) is 4.45. The summed E-state index contributed by atoms with van der Waals surface area (Å²) in [6.45, 7) is 7.02. The van der Waals surface area contributed by atoms with E-state index in [2.05, 4.69) is 19.2 Å². The Kier molecular flexibility index (Phi) is 0.852. The first kappa shape index (κ1) is 5.72. The summed E-state index contributed by atoms with van der Waals surface area (Å²) in [6, 6.07) is 0. The minimum absolute atomic E-state index is 0.604. The first-order chi connectivity index (χ1) is 4.16. The van der Waals surface area contributed by atoms with Crippen molar-refractivity contribution in [2.45, 2.75) is 26.7 Å². The molecule has 1 nitrogen and oxygen atoms in total. The van der Waals surface area contributed by atoms with Crippen LogP contribution < -0.4 is 5.32 Å². The van der Waals surface area contributed by atoms with Gasteiger partial charge in [-0.05, 0) is 23.7 Å². The summed E-state index contributed by atoms with van der Waals surface area (Å²) in [5.41, 5.74) is 1.21. The molecule has 0 aromatic carbocycles. The Labute approximate surface area is 56.8 Å². The minimum atomic E-state index is 0.604. The van der Waals surface area contributed by atoms with Gasteiger partial charge in [-0.15, -0.1) is 0 Å². The van der Waals surface area contributed by atoms with Crippen LogP contribution >= 0.6 is 0 Å². The van der Waals surface area contributed by atoms with E-state index in [0.717, 1.165) is 13.1 Å². The van der Waals surface area contributed by atoms with Gasteiger partial charge < -0.3 is 0 Å². The zero-order chi connectivity index (χ0) is 6.54. The van der Waals surface area contributed by atoms with Crippen LogP contribution in [0.3, 0.4) is 0 Å². The summed E-state index contributed by atoms with van der Waals surface area (Å²) in [6.07, 6.45) is 2.82. The lowest BCUT2D eigenvalue weighted by atomic mass is 9.53. The zero-order valence-corrected chi connectivity index (χ0v) is 6.28. The molecule has 0 spiro atoms. The third-order valence-electron chi connectivity index (χ3n) is 3.61. The lowest BCUT2D eigenvalue weighted by Crippen LogP contribution is -2.45. The van der Waals surface area contributed by atoms with Gasteiger partial charge in [0.05, 0.1) is 0 Å². The molecule has 0 amide bonds. The van der Waals surface area contributed by atoms with Crippen LogP contribution in [0.1, 0.15) is 26.7 Å². The van der Waals surface area contributed by atoms with Crippen molar-refractivity contribution in [1.29, 1.82) is 0 Å². The molecule has 0 N–H and O–H groups in total. The Morgan fingerprint density at radius 3 is 1.67 bits per heavy atom. The minimum Gasteiger partial charge on any atom is -0.241 e. The molecule has 0 aromatic heterocycles. The first-order valence-electron chi connectivity index (χ1n) is 3.80. The molecule has 2 rings (SSSR count). The van der Waals surface area contributed by atoms with Gasteiger partial charge in [-0.25, -0.2) is 5.32 Å². The van der Waals surface area contributed by atoms with Crippen LogP contribution in [0.25, 0.3) is 0 Å². The molecule has 1 saturated carbocycles. The first-order valence-corrected chi connectivity index (χ1v) is 3.80. The van der Waals surface area contributed by atoms with Crippen LogP contribution in [0, 0.1) is 10.8 Å². The molecule has 1 heterocycles. The maximum atomic E-state index is 4.45. The van der Waals surface area contributed by atoms with E-state index in [-0.39, 0.29) is 0 Å². The second kappa shape index (κ2) is 1.34. The summed E-state index contributed by atoms with van der Waals surface area (Å²) < 4.78 is 0. The van der Waals surface area contributed by atoms with Crippen LogP contribution in [0.5, 0.6) is 0 Å². The predicted molar refractivity (Wildman–Crippen MR) is 37.3 cm³/mol. The molecule has 0 aromatic rings. The van der Waals surface area contributed by atoms with Gasteiger partial charge in [-0.2, -0.15) is 0 Å². The monoisotopic (exact) mass is 124 g/mol. The smallest absolute Gasteiger partial charge is 0.0193 e. The van der Waals surface area contributed by atoms with E-state index < -0.39 is 0 Å². The van der Waals surface area contributed by atoms with Gasteiger partial charge in [0.25, 0.3) is 0 Å². The summed E-state index contributed by atoms with van der Waals surface area (Å²) >= 11 is 0. The van der Waals surface area contributed by atoms with E-state index in [1.54, 1.807) is 0 Å². The van der Waals surface area contributed by atoms with Gasteiger partial charge in [0.15, 0.2) is 0 Å². The number of hydrogen-bond donors (Lipinski definition) is 0. The van der Waals surface area contributed by atoms with Crippen LogP contribution in [-0.4, -0.2) is 13.1 Å². The average Bonchev–Trinajstić information content (AvgIpc) is 1.98. The van der Waals surface area contributed by atoms with E-state index in [9.17, 15) is 0 Å². The highest BCUT2D eigenvalue weighted by molar-refractivity contribution is 5.08. The van der Waals surface area contributed by atoms with E-state index in [0.29, 0.717) is 10.8 Å². The fourth-order valence-corrected chi connectivity index (χ4v) is 2.07. The standard InChI is InChI=1S/C8H14N/c1-7-3-4-8(7,2)6-9-5-7/h3-6H2,1-2H3. The molecule has 2 aliphatic rings. The van der Waals surface area contributed by atoms with Gasteiger partial charge >= 0.3 is 0 Å². The highest BCUT2D eigenvalue weighted by Crippen LogP contribution is 2.58. The molecule has 2 fully saturated rings. The molecule has 9 heavy (non-hydrogen) atoms. The molecule has 1 saturated heterocycles. The Morgan fingerprint density at radius 2 is 1.44 bits per heavy atom. The fourth-order valence-electron chi connectivity index (χ4n) is 2.07. The van der Waals surface area contributed by atoms with E-state index >= 15 is 0 Å². The van der Waals surface area contributed by atoms with E-state index in [1.807, 2.05) is 0 Å². The summed E-state index contributed by atoms with van der Waals surface area (Å²) in [5.74, 6) is 0. The van der Waals surface area contributed by atoms with Gasteiger partial charge in [-0.3, -0.25) is 0 Å². The van der Waals surface area contributed by atoms with Gasteiger partial charge in [0.1, 0.15) is 0 Å². The van der Waals surface area contributed by atoms with Crippen molar-refractivity contribution in [3.63, 3.8) is 0 Å². The maximum absolute atomic E-state index is 4.45. The van der Waals surface area contributed by atoms with Crippen molar-refractivity contribution in [2.24, 2.45) is 10.8 Å². The van der Waals surface area contributed by atoms with Gasteiger partial charge in [0.2, 0.25) is 0 Å². The van der Waals surface area contributed by atoms with Crippen LogP contribution in [0.4, 0.5) is 0 Å². The van der Waals surface area contributed by atoms with Crippen molar-refractivity contribution in [2.75, 3.05) is 13.1 Å². The van der Waals surface area contributed by atoms with Crippen molar-refractivity contribution in [3.8, 4) is 0 Å².